The van der Waals surface area contributed by atoms with Crippen LogP contribution in [0.4, 0.5) is 11.4 Å². The number of fused-ring (bicyclic) bond motifs is 3. The lowest BCUT2D eigenvalue weighted by Crippen LogP contribution is -2.27. The number of rotatable bonds is 10. The van der Waals surface area contributed by atoms with Gasteiger partial charge in [-0.05, 0) is 99.7 Å². The molecule has 0 atom stereocenters. The van der Waals surface area contributed by atoms with Crippen molar-refractivity contribution in [2.75, 3.05) is 16.5 Å². The second-order valence-corrected chi connectivity index (χ2v) is 19.0. The third-order valence-electron chi connectivity index (χ3n) is 12.7. The number of ether oxygens (including phenoxy) is 1. The highest BCUT2D eigenvalue weighted by atomic mass is 16.5. The van der Waals surface area contributed by atoms with Crippen LogP contribution in [-0.2, 0) is 10.8 Å². The largest absolute Gasteiger partial charge is 0.457 e. The summed E-state index contributed by atoms with van der Waals surface area (Å²) in [6.07, 6.45) is 4.30. The first-order valence-electron chi connectivity index (χ1n) is 22.1. The van der Waals surface area contributed by atoms with E-state index in [1.165, 1.54) is 50.2 Å². The number of aromatic nitrogens is 2. The Morgan fingerprint density at radius 3 is 1.94 bits per heavy atom. The van der Waals surface area contributed by atoms with Crippen LogP contribution in [0.3, 0.4) is 0 Å². The van der Waals surface area contributed by atoms with Gasteiger partial charge >= 0.3 is 0 Å². The van der Waals surface area contributed by atoms with Gasteiger partial charge in [-0.3, -0.25) is 4.57 Å². The van der Waals surface area contributed by atoms with Crippen LogP contribution in [0.15, 0.2) is 164 Å². The van der Waals surface area contributed by atoms with Gasteiger partial charge in [0, 0.05) is 57.7 Å². The SMILES string of the molecule is CC(C)c1cccc(C(C)C)c1C1=CN(c2cccc(C(C)(C)C)c2)CN1c1cccc(Oc2ccc3c4ccccc4n(-c4cc(C(C)(C)c5ccccc5)ccn4)c3c2)c1. The third kappa shape index (κ3) is 7.55. The van der Waals surface area contributed by atoms with Crippen molar-refractivity contribution in [2.45, 2.75) is 85.0 Å². The number of hydrogen-bond acceptors (Lipinski definition) is 4. The molecule has 9 rings (SSSR count). The Hall–Kier alpha value is -6.59. The second-order valence-electron chi connectivity index (χ2n) is 19.0. The average molecular weight is 815 g/mol. The molecular formula is C57H58N4O. The quantitative estimate of drug-likeness (QED) is 0.138. The summed E-state index contributed by atoms with van der Waals surface area (Å²) in [6, 6.07) is 54.5. The molecule has 3 heterocycles. The summed E-state index contributed by atoms with van der Waals surface area (Å²) in [5, 5.41) is 2.34. The van der Waals surface area contributed by atoms with E-state index in [1.807, 2.05) is 6.20 Å². The molecule has 0 saturated carbocycles. The Balaban J connectivity index is 1.11. The maximum atomic E-state index is 6.85. The predicted molar refractivity (Wildman–Crippen MR) is 261 cm³/mol. The van der Waals surface area contributed by atoms with E-state index in [2.05, 4.69) is 235 Å². The summed E-state index contributed by atoms with van der Waals surface area (Å²) >= 11 is 0. The monoisotopic (exact) mass is 814 g/mol. The Bertz CT molecular complexity index is 2920. The first kappa shape index (κ1) is 40.8. The van der Waals surface area contributed by atoms with Gasteiger partial charge in [0.15, 0.2) is 0 Å². The first-order chi connectivity index (χ1) is 29.8. The molecule has 5 nitrogen and oxygen atoms in total. The number of anilines is 2. The average Bonchev–Trinajstić information content (AvgIpc) is 3.86. The van der Waals surface area contributed by atoms with Crippen molar-refractivity contribution in [2.24, 2.45) is 0 Å². The van der Waals surface area contributed by atoms with Gasteiger partial charge in [-0.25, -0.2) is 4.98 Å². The molecule has 6 aromatic carbocycles. The smallest absolute Gasteiger partial charge is 0.137 e. The van der Waals surface area contributed by atoms with Crippen molar-refractivity contribution in [3.63, 3.8) is 0 Å². The van der Waals surface area contributed by atoms with E-state index in [-0.39, 0.29) is 10.8 Å². The van der Waals surface area contributed by atoms with E-state index in [4.69, 9.17) is 9.72 Å². The lowest BCUT2D eigenvalue weighted by atomic mass is 9.78. The van der Waals surface area contributed by atoms with E-state index >= 15 is 0 Å². The normalized spacial score (nSPS) is 13.5. The lowest BCUT2D eigenvalue weighted by molar-refractivity contribution is 0.483. The van der Waals surface area contributed by atoms with Crippen LogP contribution >= 0.6 is 0 Å². The molecule has 0 fully saturated rings. The molecule has 8 aromatic rings. The molecule has 0 bridgehead atoms. The van der Waals surface area contributed by atoms with Gasteiger partial charge < -0.3 is 14.5 Å². The highest BCUT2D eigenvalue weighted by Gasteiger charge is 2.30. The fourth-order valence-electron chi connectivity index (χ4n) is 9.12. The van der Waals surface area contributed by atoms with Gasteiger partial charge in [-0.15, -0.1) is 0 Å². The summed E-state index contributed by atoms with van der Waals surface area (Å²) in [5.74, 6) is 3.15. The van der Waals surface area contributed by atoms with E-state index in [9.17, 15) is 0 Å². The van der Waals surface area contributed by atoms with Crippen LogP contribution in [0.2, 0.25) is 0 Å². The van der Waals surface area contributed by atoms with Crippen molar-refractivity contribution < 1.29 is 4.74 Å². The van der Waals surface area contributed by atoms with Crippen LogP contribution < -0.4 is 14.5 Å². The molecule has 5 heteroatoms. The van der Waals surface area contributed by atoms with Crippen LogP contribution in [0.5, 0.6) is 11.5 Å². The number of benzene rings is 6. The zero-order valence-electron chi connectivity index (χ0n) is 37.6. The van der Waals surface area contributed by atoms with Gasteiger partial charge in [0.2, 0.25) is 0 Å². The van der Waals surface area contributed by atoms with Crippen molar-refractivity contribution >= 4 is 38.9 Å². The molecule has 0 spiro atoms. The maximum absolute atomic E-state index is 6.85. The van der Waals surface area contributed by atoms with Gasteiger partial charge in [0.1, 0.15) is 17.3 Å². The van der Waals surface area contributed by atoms with Gasteiger partial charge in [-0.1, -0.05) is 147 Å². The summed E-state index contributed by atoms with van der Waals surface area (Å²) in [5.41, 5.74) is 13.3. The Morgan fingerprint density at radius 1 is 0.548 bits per heavy atom. The van der Waals surface area contributed by atoms with Gasteiger partial charge in [0.25, 0.3) is 0 Å². The Kier molecular flexibility index (Phi) is 10.5. The molecule has 0 unspecified atom stereocenters. The second kappa shape index (κ2) is 16.0. The van der Waals surface area contributed by atoms with E-state index in [1.54, 1.807) is 0 Å². The minimum absolute atomic E-state index is 0.0416. The summed E-state index contributed by atoms with van der Waals surface area (Å²) in [4.78, 5) is 9.83. The lowest BCUT2D eigenvalue weighted by Gasteiger charge is -2.28. The highest BCUT2D eigenvalue weighted by molar-refractivity contribution is 6.09. The van der Waals surface area contributed by atoms with Gasteiger partial charge in [0.05, 0.1) is 23.4 Å². The molecule has 62 heavy (non-hydrogen) atoms. The topological polar surface area (TPSA) is 33.5 Å². The van der Waals surface area contributed by atoms with E-state index in [0.717, 1.165) is 39.4 Å². The molecule has 1 aliphatic rings. The molecule has 0 radical (unpaired) electrons. The van der Waals surface area contributed by atoms with Crippen molar-refractivity contribution in [1.82, 2.24) is 9.55 Å². The zero-order chi connectivity index (χ0) is 43.3. The van der Waals surface area contributed by atoms with Crippen LogP contribution in [-0.4, -0.2) is 16.2 Å². The molecule has 0 aliphatic carbocycles. The Morgan fingerprint density at radius 2 is 1.19 bits per heavy atom. The molecule has 2 aromatic heterocycles. The molecule has 1 aliphatic heterocycles. The molecule has 312 valence electrons. The van der Waals surface area contributed by atoms with E-state index in [0.29, 0.717) is 18.5 Å². The van der Waals surface area contributed by atoms with Crippen LogP contribution in [0, 0.1) is 0 Å². The molecule has 0 N–H and O–H groups in total. The zero-order valence-corrected chi connectivity index (χ0v) is 37.6. The van der Waals surface area contributed by atoms with Crippen LogP contribution in [0.25, 0.3) is 33.3 Å². The standard InChI is InChI=1S/C57H58N4O/c1-38(2)47-25-17-26-48(39(3)4)55(47)53-36-59(43-21-15-20-41(32-43)56(5,6)7)37-60(53)44-22-16-23-45(34-44)62-46-28-29-50-49-24-13-14-27-51(49)61(52(50)35-46)54-33-42(30-31-58-54)57(8,9)40-18-11-10-12-19-40/h10-36,38-39H,37H2,1-9H3. The number of nitrogens with zero attached hydrogens (tertiary/aromatic N) is 4. The number of pyridine rings is 1. The third-order valence-corrected chi connectivity index (χ3v) is 12.7. The molecule has 0 amide bonds. The first-order valence-corrected chi connectivity index (χ1v) is 22.1. The fraction of sp³-hybridized carbons (Fsp3) is 0.246. The van der Waals surface area contributed by atoms with Crippen molar-refractivity contribution in [3.8, 4) is 17.3 Å². The minimum atomic E-state index is -0.206. The summed E-state index contributed by atoms with van der Waals surface area (Å²) in [6.45, 7) is 21.3. The summed E-state index contributed by atoms with van der Waals surface area (Å²) in [7, 11) is 0. The molecular weight excluding hydrogens is 757 g/mol. The number of para-hydroxylation sites is 1. The molecule has 0 saturated heterocycles. The number of hydrogen-bond donors (Lipinski definition) is 0. The predicted octanol–water partition coefficient (Wildman–Crippen LogP) is 15.1. The highest BCUT2D eigenvalue weighted by Crippen LogP contribution is 2.43. The Labute approximate surface area is 367 Å². The minimum Gasteiger partial charge on any atom is -0.457 e. The summed E-state index contributed by atoms with van der Waals surface area (Å²) < 4.78 is 9.12. The fourth-order valence-corrected chi connectivity index (χ4v) is 9.12. The van der Waals surface area contributed by atoms with E-state index < -0.39 is 0 Å². The van der Waals surface area contributed by atoms with Crippen molar-refractivity contribution in [1.29, 1.82) is 0 Å². The maximum Gasteiger partial charge on any atom is 0.137 e. The van der Waals surface area contributed by atoms with Gasteiger partial charge in [-0.2, -0.15) is 0 Å². The van der Waals surface area contributed by atoms with Crippen molar-refractivity contribution in [3.05, 3.63) is 197 Å². The van der Waals surface area contributed by atoms with Crippen LogP contribution in [0.1, 0.15) is 108 Å².